The maximum absolute atomic E-state index is 12.4. The van der Waals surface area contributed by atoms with Gasteiger partial charge in [-0.25, -0.2) is 4.98 Å². The maximum atomic E-state index is 12.4. The molecule has 6 heteroatoms. The molecule has 0 bridgehead atoms. The Hall–Kier alpha value is -3.18. The number of anilines is 1. The Morgan fingerprint density at radius 2 is 1.54 bits per heavy atom. The van der Waals surface area contributed by atoms with E-state index in [0.29, 0.717) is 10.8 Å². The van der Waals surface area contributed by atoms with Crippen molar-refractivity contribution in [2.24, 2.45) is 0 Å². The predicted octanol–water partition coefficient (Wildman–Crippen LogP) is 4.44. The van der Waals surface area contributed by atoms with Crippen LogP contribution < -0.4 is 5.32 Å². The van der Waals surface area contributed by atoms with Crippen LogP contribution in [0.4, 0.5) is 5.82 Å². The molecule has 3 rings (SSSR count). The summed E-state index contributed by atoms with van der Waals surface area (Å²) in [6.07, 6.45) is 1.56. The van der Waals surface area contributed by atoms with E-state index in [4.69, 9.17) is 16.3 Å². The molecule has 0 atom stereocenters. The van der Waals surface area contributed by atoms with Crippen LogP contribution in [0, 0.1) is 0 Å². The number of esters is 1. The Labute approximate surface area is 168 Å². The number of carbonyl (C=O) groups excluding carboxylic acids is 2. The number of hydrogen-bond donors (Lipinski definition) is 1. The predicted molar refractivity (Wildman–Crippen MR) is 108 cm³/mol. The number of nitrogens with zero attached hydrogens (tertiary/aromatic N) is 1. The van der Waals surface area contributed by atoms with Gasteiger partial charge in [0.2, 0.25) is 0 Å². The number of carbonyl (C=O) groups is 2. The van der Waals surface area contributed by atoms with Gasteiger partial charge < -0.3 is 10.1 Å². The molecular weight excluding hydrogens is 376 g/mol. The van der Waals surface area contributed by atoms with Crippen LogP contribution in [0.3, 0.4) is 0 Å². The average molecular weight is 395 g/mol. The largest absolute Gasteiger partial charge is 0.456 e. The van der Waals surface area contributed by atoms with Gasteiger partial charge >= 0.3 is 5.97 Å². The summed E-state index contributed by atoms with van der Waals surface area (Å²) in [5.41, 5.74) is 2.03. The Morgan fingerprint density at radius 1 is 0.929 bits per heavy atom. The van der Waals surface area contributed by atoms with Gasteiger partial charge in [0.15, 0.2) is 6.61 Å². The van der Waals surface area contributed by atoms with Gasteiger partial charge in [0, 0.05) is 12.1 Å². The highest BCUT2D eigenvalue weighted by atomic mass is 35.5. The van der Waals surface area contributed by atoms with Crippen molar-refractivity contribution in [2.45, 2.75) is 12.3 Å². The molecule has 0 spiro atoms. The van der Waals surface area contributed by atoms with Gasteiger partial charge in [-0.15, -0.1) is 0 Å². The zero-order valence-corrected chi connectivity index (χ0v) is 15.8. The quantitative estimate of drug-likeness (QED) is 0.601. The van der Waals surface area contributed by atoms with Crippen molar-refractivity contribution >= 4 is 29.3 Å². The van der Waals surface area contributed by atoms with E-state index in [1.807, 2.05) is 60.7 Å². The highest BCUT2D eigenvalue weighted by Crippen LogP contribution is 2.28. The first-order valence-electron chi connectivity index (χ1n) is 8.79. The van der Waals surface area contributed by atoms with Crippen molar-refractivity contribution in [3.8, 4) is 0 Å². The molecule has 0 aliphatic rings. The van der Waals surface area contributed by atoms with Crippen LogP contribution in [-0.4, -0.2) is 23.5 Å². The third-order valence-electron chi connectivity index (χ3n) is 4.13. The molecule has 1 aromatic heterocycles. The lowest BCUT2D eigenvalue weighted by Gasteiger charge is -2.17. The zero-order valence-electron chi connectivity index (χ0n) is 15.0. The van der Waals surface area contributed by atoms with E-state index in [1.165, 1.54) is 6.20 Å². The first-order chi connectivity index (χ1) is 13.6. The van der Waals surface area contributed by atoms with Crippen molar-refractivity contribution in [2.75, 3.05) is 11.9 Å². The second-order valence-corrected chi connectivity index (χ2v) is 6.59. The Kier molecular flexibility index (Phi) is 6.76. The van der Waals surface area contributed by atoms with Crippen molar-refractivity contribution in [1.82, 2.24) is 4.98 Å². The Bertz CT molecular complexity index is 876. The van der Waals surface area contributed by atoms with Crippen molar-refractivity contribution in [3.63, 3.8) is 0 Å². The highest BCUT2D eigenvalue weighted by Gasteiger charge is 2.19. The van der Waals surface area contributed by atoms with E-state index in [1.54, 1.807) is 12.1 Å². The summed E-state index contributed by atoms with van der Waals surface area (Å²) in [5.74, 6) is -0.705. The molecule has 5 nitrogen and oxygen atoms in total. The standard InChI is InChI=1S/C22H19ClN2O3/c23-18-11-12-20(24-14-18)25-21(26)15-28-22(27)13-19(16-7-3-1-4-8-16)17-9-5-2-6-10-17/h1-12,14,19H,13,15H2,(H,24,25,26). The molecule has 1 N–H and O–H groups in total. The second-order valence-electron chi connectivity index (χ2n) is 6.15. The van der Waals surface area contributed by atoms with E-state index < -0.39 is 11.9 Å². The summed E-state index contributed by atoms with van der Waals surface area (Å²) in [4.78, 5) is 28.3. The molecule has 2 aromatic carbocycles. The maximum Gasteiger partial charge on any atom is 0.307 e. The summed E-state index contributed by atoms with van der Waals surface area (Å²) in [7, 11) is 0. The number of pyridine rings is 1. The minimum absolute atomic E-state index is 0.139. The van der Waals surface area contributed by atoms with Gasteiger partial charge in [-0.1, -0.05) is 72.3 Å². The minimum atomic E-state index is -0.459. The number of halogens is 1. The lowest BCUT2D eigenvalue weighted by Crippen LogP contribution is -2.22. The molecule has 0 saturated carbocycles. The van der Waals surface area contributed by atoms with Gasteiger partial charge in [-0.05, 0) is 23.3 Å². The number of ether oxygens (including phenoxy) is 1. The van der Waals surface area contributed by atoms with Crippen molar-refractivity contribution < 1.29 is 14.3 Å². The third kappa shape index (κ3) is 5.66. The van der Waals surface area contributed by atoms with Gasteiger partial charge in [0.1, 0.15) is 5.82 Å². The molecule has 1 heterocycles. The molecule has 3 aromatic rings. The number of nitrogens with one attached hydrogen (secondary N) is 1. The van der Waals surface area contributed by atoms with Gasteiger partial charge in [-0.3, -0.25) is 9.59 Å². The van der Waals surface area contributed by atoms with Crippen LogP contribution in [0.2, 0.25) is 5.02 Å². The normalized spacial score (nSPS) is 10.5. The third-order valence-corrected chi connectivity index (χ3v) is 4.36. The van der Waals surface area contributed by atoms with Crippen LogP contribution in [-0.2, 0) is 14.3 Å². The fraction of sp³-hybridized carbons (Fsp3) is 0.136. The monoisotopic (exact) mass is 394 g/mol. The summed E-state index contributed by atoms with van der Waals surface area (Å²) in [6.45, 7) is -0.376. The smallest absolute Gasteiger partial charge is 0.307 e. The van der Waals surface area contributed by atoms with E-state index >= 15 is 0 Å². The summed E-state index contributed by atoms with van der Waals surface area (Å²) >= 11 is 5.76. The first-order valence-corrected chi connectivity index (χ1v) is 9.16. The van der Waals surface area contributed by atoms with Crippen LogP contribution in [0.1, 0.15) is 23.5 Å². The second kappa shape index (κ2) is 9.67. The minimum Gasteiger partial charge on any atom is -0.456 e. The molecule has 0 fully saturated rings. The fourth-order valence-electron chi connectivity index (χ4n) is 2.80. The zero-order chi connectivity index (χ0) is 19.8. The summed E-state index contributed by atoms with van der Waals surface area (Å²) < 4.78 is 5.17. The van der Waals surface area contributed by atoms with Gasteiger partial charge in [0.25, 0.3) is 5.91 Å². The molecule has 0 radical (unpaired) electrons. The Balaban J connectivity index is 1.59. The van der Waals surface area contributed by atoms with Crippen LogP contribution in [0.5, 0.6) is 0 Å². The lowest BCUT2D eigenvalue weighted by molar-refractivity contribution is -0.147. The molecule has 0 aliphatic heterocycles. The number of rotatable bonds is 7. The van der Waals surface area contributed by atoms with Gasteiger partial charge in [0.05, 0.1) is 11.4 Å². The fourth-order valence-corrected chi connectivity index (χ4v) is 2.91. The SMILES string of the molecule is O=C(COC(=O)CC(c1ccccc1)c1ccccc1)Nc1ccc(Cl)cn1. The van der Waals surface area contributed by atoms with E-state index in [9.17, 15) is 9.59 Å². The molecular formula is C22H19ClN2O3. The highest BCUT2D eigenvalue weighted by molar-refractivity contribution is 6.30. The van der Waals surface area contributed by atoms with Crippen molar-refractivity contribution in [3.05, 3.63) is 95.1 Å². The number of amides is 1. The summed E-state index contributed by atoms with van der Waals surface area (Å²) in [6, 6.07) is 22.7. The van der Waals surface area contributed by atoms with Crippen molar-refractivity contribution in [1.29, 1.82) is 0 Å². The lowest BCUT2D eigenvalue weighted by atomic mass is 9.89. The number of aromatic nitrogens is 1. The number of hydrogen-bond acceptors (Lipinski definition) is 4. The van der Waals surface area contributed by atoms with Crippen LogP contribution in [0.25, 0.3) is 0 Å². The molecule has 0 aliphatic carbocycles. The Morgan fingerprint density at radius 3 is 2.07 bits per heavy atom. The molecule has 142 valence electrons. The average Bonchev–Trinajstić information content (AvgIpc) is 2.73. The van der Waals surface area contributed by atoms with Gasteiger partial charge in [-0.2, -0.15) is 0 Å². The van der Waals surface area contributed by atoms with Crippen LogP contribution >= 0.6 is 11.6 Å². The van der Waals surface area contributed by atoms with E-state index in [-0.39, 0.29) is 18.9 Å². The summed E-state index contributed by atoms with van der Waals surface area (Å²) in [5, 5.41) is 3.02. The molecule has 1 amide bonds. The number of benzene rings is 2. The molecule has 0 saturated heterocycles. The van der Waals surface area contributed by atoms with E-state index in [2.05, 4.69) is 10.3 Å². The molecule has 0 unspecified atom stereocenters. The topological polar surface area (TPSA) is 68.3 Å². The first kappa shape index (κ1) is 19.6. The molecule has 28 heavy (non-hydrogen) atoms. The van der Waals surface area contributed by atoms with Crippen LogP contribution in [0.15, 0.2) is 79.0 Å². The van der Waals surface area contributed by atoms with E-state index in [0.717, 1.165) is 11.1 Å².